The molecule has 0 saturated carbocycles. The molecule has 0 aromatic heterocycles. The fraction of sp³-hybridized carbons (Fsp3) is 0.300. The highest BCUT2D eigenvalue weighted by Gasteiger charge is 2.22. The van der Waals surface area contributed by atoms with Crippen LogP contribution in [0.2, 0.25) is 0 Å². The van der Waals surface area contributed by atoms with Crippen molar-refractivity contribution >= 4 is 17.8 Å². The molecule has 1 heterocycles. The van der Waals surface area contributed by atoms with E-state index in [1.807, 2.05) is 24.3 Å². The van der Waals surface area contributed by atoms with Gasteiger partial charge in [0.1, 0.15) is 5.75 Å². The molecule has 29 heavy (non-hydrogen) atoms. The van der Waals surface area contributed by atoms with Gasteiger partial charge in [0.15, 0.2) is 18.1 Å². The third-order valence-electron chi connectivity index (χ3n) is 4.54. The Hall–Kier alpha value is -3.62. The summed E-state index contributed by atoms with van der Waals surface area (Å²) in [6.07, 6.45) is 2.22. The van der Waals surface area contributed by atoms with Crippen LogP contribution in [0.15, 0.2) is 41.5 Å². The van der Waals surface area contributed by atoms with Crippen molar-refractivity contribution in [2.45, 2.75) is 26.2 Å². The topological polar surface area (TPSA) is 112 Å². The van der Waals surface area contributed by atoms with Crippen molar-refractivity contribution in [2.75, 3.05) is 13.4 Å². The fourth-order valence-electron chi connectivity index (χ4n) is 2.69. The highest BCUT2D eigenvalue weighted by molar-refractivity contribution is 5.88. The normalized spacial score (nSPS) is 13.3. The average Bonchev–Trinajstić information content (AvgIpc) is 3.18. The molecule has 1 aliphatic rings. The minimum Gasteiger partial charge on any atom is -0.484 e. The van der Waals surface area contributed by atoms with E-state index in [-0.39, 0.29) is 24.7 Å². The van der Waals surface area contributed by atoms with E-state index < -0.39 is 10.8 Å². The molecule has 9 heteroatoms. The molecule has 3 rings (SSSR count). The van der Waals surface area contributed by atoms with Crippen LogP contribution in [-0.4, -0.2) is 30.4 Å². The molecular weight excluding hydrogens is 378 g/mol. The molecule has 0 saturated heterocycles. The zero-order chi connectivity index (χ0) is 20.8. The van der Waals surface area contributed by atoms with Crippen LogP contribution in [0.25, 0.3) is 0 Å². The van der Waals surface area contributed by atoms with Crippen molar-refractivity contribution in [1.29, 1.82) is 0 Å². The molecule has 0 fully saturated rings. The maximum atomic E-state index is 11.9. The molecule has 152 valence electrons. The molecule has 9 nitrogen and oxygen atoms in total. The first-order valence-electron chi connectivity index (χ1n) is 9.10. The van der Waals surface area contributed by atoms with Crippen molar-refractivity contribution in [1.82, 2.24) is 5.43 Å². The molecule has 1 unspecified atom stereocenters. The van der Waals surface area contributed by atoms with Gasteiger partial charge in [0.05, 0.1) is 22.8 Å². The molecule has 1 aliphatic heterocycles. The summed E-state index contributed by atoms with van der Waals surface area (Å²) in [6.45, 7) is 4.03. The lowest BCUT2D eigenvalue weighted by atomic mass is 9.99. The van der Waals surface area contributed by atoms with Crippen LogP contribution in [0.3, 0.4) is 0 Å². The minimum absolute atomic E-state index is 0.000501. The number of hydrazone groups is 1. The Kier molecular flexibility index (Phi) is 6.28. The third-order valence-corrected chi connectivity index (χ3v) is 4.54. The van der Waals surface area contributed by atoms with Crippen molar-refractivity contribution in [3.63, 3.8) is 0 Å². The third kappa shape index (κ3) is 5.01. The van der Waals surface area contributed by atoms with Gasteiger partial charge in [-0.3, -0.25) is 14.9 Å². The van der Waals surface area contributed by atoms with E-state index >= 15 is 0 Å². The average molecular weight is 399 g/mol. The smallest absolute Gasteiger partial charge is 0.282 e. The number of amides is 1. The molecule has 2 aromatic rings. The van der Waals surface area contributed by atoms with Crippen LogP contribution in [0.4, 0.5) is 5.69 Å². The number of benzene rings is 2. The summed E-state index contributed by atoms with van der Waals surface area (Å²) in [5, 5.41) is 15.0. The standard InChI is InChI=1S/C20H21N3O6/c1-3-13(2)14-4-6-16(7-5-14)27-11-20(24)22-21-10-15-8-18-19(29-12-28-18)9-17(15)23(25)26/h4-10,13H,3,11-12H2,1-2H3,(H,22,24). The lowest BCUT2D eigenvalue weighted by molar-refractivity contribution is -0.385. The second kappa shape index (κ2) is 9.05. The summed E-state index contributed by atoms with van der Waals surface area (Å²) in [7, 11) is 0. The molecule has 0 bridgehead atoms. The van der Waals surface area contributed by atoms with Crippen molar-refractivity contribution in [3.8, 4) is 17.2 Å². The van der Waals surface area contributed by atoms with Gasteiger partial charge in [-0.05, 0) is 36.1 Å². The predicted octanol–water partition coefficient (Wildman–Crippen LogP) is 3.37. The van der Waals surface area contributed by atoms with Gasteiger partial charge in [-0.15, -0.1) is 0 Å². The predicted molar refractivity (Wildman–Crippen MR) is 106 cm³/mol. The lowest BCUT2D eigenvalue weighted by Crippen LogP contribution is -2.24. The van der Waals surface area contributed by atoms with Crippen molar-refractivity contribution < 1.29 is 23.9 Å². The summed E-state index contributed by atoms with van der Waals surface area (Å²) in [5.41, 5.74) is 3.47. The largest absolute Gasteiger partial charge is 0.484 e. The minimum atomic E-state index is -0.558. The van der Waals surface area contributed by atoms with Crippen molar-refractivity contribution in [2.24, 2.45) is 5.10 Å². The van der Waals surface area contributed by atoms with Gasteiger partial charge in [0, 0.05) is 0 Å². The van der Waals surface area contributed by atoms with Crippen LogP contribution < -0.4 is 19.6 Å². The highest BCUT2D eigenvalue weighted by atomic mass is 16.7. The first-order chi connectivity index (χ1) is 14.0. The highest BCUT2D eigenvalue weighted by Crippen LogP contribution is 2.37. The van der Waals surface area contributed by atoms with Crippen molar-refractivity contribution in [3.05, 3.63) is 57.6 Å². The zero-order valence-corrected chi connectivity index (χ0v) is 16.1. The zero-order valence-electron chi connectivity index (χ0n) is 16.1. The Bertz CT molecular complexity index is 927. The second-order valence-electron chi connectivity index (χ2n) is 6.48. The Morgan fingerprint density at radius 1 is 1.31 bits per heavy atom. The summed E-state index contributed by atoms with van der Waals surface area (Å²) in [4.78, 5) is 22.6. The van der Waals surface area contributed by atoms with Crippen LogP contribution in [0, 0.1) is 10.1 Å². The Balaban J connectivity index is 1.55. The number of nitrogens with one attached hydrogen (secondary N) is 1. The summed E-state index contributed by atoms with van der Waals surface area (Å²) < 4.78 is 15.8. The van der Waals surface area contributed by atoms with E-state index in [0.717, 1.165) is 6.42 Å². The number of carbonyl (C=O) groups is 1. The van der Waals surface area contributed by atoms with Crippen LogP contribution >= 0.6 is 0 Å². The first kappa shape index (κ1) is 20.1. The number of nitrogens with zero attached hydrogens (tertiary/aromatic N) is 2. The monoisotopic (exact) mass is 399 g/mol. The molecule has 0 spiro atoms. The quantitative estimate of drug-likeness (QED) is 0.414. The number of nitro benzene ring substituents is 1. The SMILES string of the molecule is CCC(C)c1ccc(OCC(=O)NN=Cc2cc3c(cc2[N+](=O)[O-])OCO3)cc1. The summed E-state index contributed by atoms with van der Waals surface area (Å²) in [6, 6.07) is 10.3. The molecule has 2 aromatic carbocycles. The molecule has 0 radical (unpaired) electrons. The number of carbonyl (C=O) groups excluding carboxylic acids is 1. The van der Waals surface area contributed by atoms with E-state index in [4.69, 9.17) is 14.2 Å². The molecule has 1 N–H and O–H groups in total. The fourth-order valence-corrected chi connectivity index (χ4v) is 2.69. The molecule has 1 amide bonds. The van der Waals surface area contributed by atoms with Crippen LogP contribution in [-0.2, 0) is 4.79 Å². The first-order valence-corrected chi connectivity index (χ1v) is 9.10. The van der Waals surface area contributed by atoms with E-state index in [1.54, 1.807) is 0 Å². The maximum Gasteiger partial charge on any atom is 0.282 e. The van der Waals surface area contributed by atoms with Gasteiger partial charge in [-0.1, -0.05) is 26.0 Å². The number of fused-ring (bicyclic) bond motifs is 1. The van der Waals surface area contributed by atoms with Gasteiger partial charge in [-0.2, -0.15) is 5.10 Å². The molecule has 1 atom stereocenters. The van der Waals surface area contributed by atoms with Gasteiger partial charge < -0.3 is 14.2 Å². The maximum absolute atomic E-state index is 11.9. The van der Waals surface area contributed by atoms with E-state index in [9.17, 15) is 14.9 Å². The van der Waals surface area contributed by atoms with E-state index in [1.165, 1.54) is 23.9 Å². The van der Waals surface area contributed by atoms with Crippen LogP contribution in [0.5, 0.6) is 17.2 Å². The van der Waals surface area contributed by atoms with E-state index in [2.05, 4.69) is 24.4 Å². The Morgan fingerprint density at radius 2 is 2.00 bits per heavy atom. The molecule has 0 aliphatic carbocycles. The number of rotatable bonds is 8. The number of ether oxygens (including phenoxy) is 3. The number of nitro groups is 1. The summed E-state index contributed by atoms with van der Waals surface area (Å²) >= 11 is 0. The second-order valence-corrected chi connectivity index (χ2v) is 6.48. The Labute approximate surface area is 167 Å². The van der Waals surface area contributed by atoms with Gasteiger partial charge >= 0.3 is 0 Å². The van der Waals surface area contributed by atoms with Crippen LogP contribution in [0.1, 0.15) is 37.3 Å². The number of hydrogen-bond acceptors (Lipinski definition) is 7. The van der Waals surface area contributed by atoms with Gasteiger partial charge in [0.25, 0.3) is 11.6 Å². The molecular formula is C20H21N3O6. The Morgan fingerprint density at radius 3 is 2.66 bits per heavy atom. The van der Waals surface area contributed by atoms with Gasteiger partial charge in [-0.25, -0.2) is 5.43 Å². The van der Waals surface area contributed by atoms with Gasteiger partial charge in [0.2, 0.25) is 6.79 Å². The van der Waals surface area contributed by atoms with E-state index in [0.29, 0.717) is 23.2 Å². The number of hydrogen-bond donors (Lipinski definition) is 1. The summed E-state index contributed by atoms with van der Waals surface area (Å²) in [5.74, 6) is 1.22. The lowest BCUT2D eigenvalue weighted by Gasteiger charge is -2.10.